The van der Waals surface area contributed by atoms with E-state index in [4.69, 9.17) is 14.2 Å². The van der Waals surface area contributed by atoms with Gasteiger partial charge < -0.3 is 18.9 Å². The van der Waals surface area contributed by atoms with Gasteiger partial charge in [0.2, 0.25) is 5.90 Å². The lowest BCUT2D eigenvalue weighted by Gasteiger charge is -2.12. The minimum atomic E-state index is -0.656. The molecule has 0 saturated heterocycles. The Morgan fingerprint density at radius 1 is 1.28 bits per heavy atom. The molecule has 0 N–H and O–H groups in total. The fraction of sp³-hybridized carbons (Fsp3) is 0.190. The highest BCUT2D eigenvalue weighted by atomic mass is 127. The molecule has 1 aliphatic rings. The van der Waals surface area contributed by atoms with Crippen molar-refractivity contribution in [3.05, 3.63) is 66.4 Å². The maximum Gasteiger partial charge on any atom is 0.363 e. The maximum atomic E-state index is 12.3. The van der Waals surface area contributed by atoms with E-state index in [-0.39, 0.29) is 23.9 Å². The molecule has 0 bridgehead atoms. The van der Waals surface area contributed by atoms with Gasteiger partial charge in [0.25, 0.3) is 5.69 Å². The number of cyclic esters (lactones) is 1. The van der Waals surface area contributed by atoms with Crippen molar-refractivity contribution in [3.8, 4) is 11.5 Å². The second-order valence-corrected chi connectivity index (χ2v) is 7.66. The van der Waals surface area contributed by atoms with Gasteiger partial charge in [0.05, 0.1) is 22.7 Å². The SMILES string of the molecule is COC(=O)COc1c(I)cc(/C=C2\N=C(c3ccc([N+](=O)[O-])c(C)c3)OC2=O)cc1OC. The molecule has 0 spiro atoms. The van der Waals surface area contributed by atoms with Gasteiger partial charge in [-0.25, -0.2) is 14.6 Å². The second kappa shape index (κ2) is 9.77. The molecule has 0 aromatic heterocycles. The van der Waals surface area contributed by atoms with E-state index in [1.807, 2.05) is 22.6 Å². The van der Waals surface area contributed by atoms with Gasteiger partial charge in [-0.05, 0) is 65.4 Å². The van der Waals surface area contributed by atoms with Crippen LogP contribution in [0.25, 0.3) is 6.08 Å². The molecular formula is C21H17IN2O8. The Bertz CT molecular complexity index is 1170. The molecule has 166 valence electrons. The van der Waals surface area contributed by atoms with Crippen LogP contribution in [0, 0.1) is 20.6 Å². The molecule has 0 atom stereocenters. The normalized spacial score (nSPS) is 14.1. The summed E-state index contributed by atoms with van der Waals surface area (Å²) in [5.41, 5.74) is 1.48. The van der Waals surface area contributed by atoms with Crippen LogP contribution in [0.5, 0.6) is 11.5 Å². The lowest BCUT2D eigenvalue weighted by atomic mass is 10.1. The van der Waals surface area contributed by atoms with Gasteiger partial charge in [-0.2, -0.15) is 0 Å². The molecule has 0 unspecified atom stereocenters. The third kappa shape index (κ3) is 5.04. The molecule has 0 saturated carbocycles. The van der Waals surface area contributed by atoms with Crippen molar-refractivity contribution in [1.29, 1.82) is 0 Å². The van der Waals surface area contributed by atoms with Crippen molar-refractivity contribution < 1.29 is 33.5 Å². The molecular weight excluding hydrogens is 535 g/mol. The van der Waals surface area contributed by atoms with Gasteiger partial charge in [0.1, 0.15) is 0 Å². The second-order valence-electron chi connectivity index (χ2n) is 6.49. The van der Waals surface area contributed by atoms with E-state index in [1.54, 1.807) is 19.1 Å². The Morgan fingerprint density at radius 3 is 2.66 bits per heavy atom. The zero-order chi connectivity index (χ0) is 23.4. The molecule has 2 aromatic carbocycles. The molecule has 2 aromatic rings. The number of hydrogen-bond acceptors (Lipinski definition) is 9. The van der Waals surface area contributed by atoms with Crippen LogP contribution in [0.4, 0.5) is 5.69 Å². The minimum absolute atomic E-state index is 0.0365. The number of carbonyl (C=O) groups is 2. The van der Waals surface area contributed by atoms with Crippen LogP contribution in [0.1, 0.15) is 16.7 Å². The fourth-order valence-corrected chi connectivity index (χ4v) is 3.62. The summed E-state index contributed by atoms with van der Waals surface area (Å²) in [5, 5.41) is 11.0. The van der Waals surface area contributed by atoms with Crippen molar-refractivity contribution in [2.45, 2.75) is 6.92 Å². The van der Waals surface area contributed by atoms with E-state index >= 15 is 0 Å². The molecule has 3 rings (SSSR count). The lowest BCUT2D eigenvalue weighted by molar-refractivity contribution is -0.385. The first kappa shape index (κ1) is 23.2. The largest absolute Gasteiger partial charge is 0.493 e. The van der Waals surface area contributed by atoms with Crippen molar-refractivity contribution in [3.63, 3.8) is 0 Å². The number of carbonyl (C=O) groups excluding carboxylic acids is 2. The van der Waals surface area contributed by atoms with Crippen LogP contribution >= 0.6 is 22.6 Å². The number of nitro benzene ring substituents is 1. The van der Waals surface area contributed by atoms with E-state index in [1.165, 1.54) is 38.5 Å². The molecule has 32 heavy (non-hydrogen) atoms. The first-order chi connectivity index (χ1) is 15.2. The number of nitro groups is 1. The zero-order valence-corrected chi connectivity index (χ0v) is 19.4. The first-order valence-electron chi connectivity index (χ1n) is 9.08. The van der Waals surface area contributed by atoms with Crippen molar-refractivity contribution in [2.24, 2.45) is 4.99 Å². The van der Waals surface area contributed by atoms with Crippen molar-refractivity contribution >= 4 is 52.2 Å². The number of rotatable bonds is 7. The number of ether oxygens (including phenoxy) is 4. The highest BCUT2D eigenvalue weighted by Gasteiger charge is 2.26. The number of aliphatic imine (C=N–C) groups is 1. The third-order valence-corrected chi connectivity index (χ3v) is 5.18. The standard InChI is InChI=1S/C21H17IN2O8/c1-11-6-13(4-5-16(11)24(27)28)20-23-15(21(26)32-20)8-12-7-14(22)19(17(9-12)29-2)31-10-18(25)30-3/h4-9H,10H2,1-3H3/b15-8-. The van der Waals surface area contributed by atoms with Crippen LogP contribution in [0.15, 0.2) is 41.0 Å². The van der Waals surface area contributed by atoms with Crippen molar-refractivity contribution in [2.75, 3.05) is 20.8 Å². The van der Waals surface area contributed by atoms with E-state index in [2.05, 4.69) is 9.73 Å². The van der Waals surface area contributed by atoms with Gasteiger partial charge in [0, 0.05) is 17.2 Å². The Morgan fingerprint density at radius 2 is 2.03 bits per heavy atom. The molecule has 0 radical (unpaired) electrons. The number of aryl methyl sites for hydroxylation is 1. The minimum Gasteiger partial charge on any atom is -0.493 e. The molecule has 1 aliphatic heterocycles. The highest BCUT2D eigenvalue weighted by Crippen LogP contribution is 2.35. The van der Waals surface area contributed by atoms with Gasteiger partial charge in [0.15, 0.2) is 23.8 Å². The zero-order valence-electron chi connectivity index (χ0n) is 17.2. The highest BCUT2D eigenvalue weighted by molar-refractivity contribution is 14.1. The molecule has 0 aliphatic carbocycles. The molecule has 0 amide bonds. The summed E-state index contributed by atoms with van der Waals surface area (Å²) in [6, 6.07) is 7.69. The quantitative estimate of drug-likeness (QED) is 0.168. The summed E-state index contributed by atoms with van der Waals surface area (Å²) >= 11 is 2.02. The molecule has 10 nitrogen and oxygen atoms in total. The number of benzene rings is 2. The van der Waals surface area contributed by atoms with E-state index < -0.39 is 16.9 Å². The summed E-state index contributed by atoms with van der Waals surface area (Å²) in [6.07, 6.45) is 1.52. The predicted molar refractivity (Wildman–Crippen MR) is 122 cm³/mol. The average molecular weight is 552 g/mol. The summed E-state index contributed by atoms with van der Waals surface area (Å²) in [4.78, 5) is 38.4. The number of nitrogens with zero attached hydrogens (tertiary/aromatic N) is 2. The third-order valence-electron chi connectivity index (χ3n) is 4.38. The van der Waals surface area contributed by atoms with E-state index in [0.29, 0.717) is 31.8 Å². The number of halogens is 1. The lowest BCUT2D eigenvalue weighted by Crippen LogP contribution is -2.13. The van der Waals surface area contributed by atoms with E-state index in [9.17, 15) is 19.7 Å². The number of methoxy groups -OCH3 is 2. The monoisotopic (exact) mass is 552 g/mol. The van der Waals surface area contributed by atoms with Crippen LogP contribution in [0.3, 0.4) is 0 Å². The fourth-order valence-electron chi connectivity index (χ4n) is 2.84. The average Bonchev–Trinajstić information content (AvgIpc) is 3.12. The van der Waals surface area contributed by atoms with Crippen LogP contribution in [0.2, 0.25) is 0 Å². The van der Waals surface area contributed by atoms with E-state index in [0.717, 1.165) is 0 Å². The Balaban J connectivity index is 1.91. The molecule has 11 heteroatoms. The van der Waals surface area contributed by atoms with Crippen LogP contribution in [-0.2, 0) is 19.1 Å². The maximum absolute atomic E-state index is 12.3. The smallest absolute Gasteiger partial charge is 0.363 e. The summed E-state index contributed by atoms with van der Waals surface area (Å²) in [6.45, 7) is 1.31. The van der Waals surface area contributed by atoms with Gasteiger partial charge in [-0.3, -0.25) is 10.1 Å². The first-order valence-corrected chi connectivity index (χ1v) is 10.2. The Hall–Kier alpha value is -3.48. The van der Waals surface area contributed by atoms with Gasteiger partial charge in [-0.1, -0.05) is 0 Å². The summed E-state index contributed by atoms with van der Waals surface area (Å²) in [7, 11) is 2.71. The van der Waals surface area contributed by atoms with Crippen LogP contribution in [-0.4, -0.2) is 43.6 Å². The summed E-state index contributed by atoms with van der Waals surface area (Å²) in [5.74, 6) is -0.421. The van der Waals surface area contributed by atoms with Crippen LogP contribution < -0.4 is 9.47 Å². The van der Waals surface area contributed by atoms with Crippen molar-refractivity contribution in [1.82, 2.24) is 0 Å². The number of esters is 2. The molecule has 0 fully saturated rings. The topological polar surface area (TPSA) is 127 Å². The number of hydrogen-bond donors (Lipinski definition) is 0. The van der Waals surface area contributed by atoms with Gasteiger partial charge in [-0.15, -0.1) is 0 Å². The summed E-state index contributed by atoms with van der Waals surface area (Å²) < 4.78 is 21.3. The predicted octanol–water partition coefficient (Wildman–Crippen LogP) is 3.41. The molecule has 1 heterocycles. The Kier molecular flexibility index (Phi) is 7.08. The Labute approximate surface area is 196 Å². The van der Waals surface area contributed by atoms with Gasteiger partial charge >= 0.3 is 11.9 Å².